The summed E-state index contributed by atoms with van der Waals surface area (Å²) < 4.78 is 7.13. The van der Waals surface area contributed by atoms with Crippen molar-refractivity contribution in [2.45, 2.75) is 26.4 Å². The van der Waals surface area contributed by atoms with Gasteiger partial charge in [0, 0.05) is 18.8 Å². The summed E-state index contributed by atoms with van der Waals surface area (Å²) in [5, 5.41) is 3.58. The van der Waals surface area contributed by atoms with E-state index in [1.54, 1.807) is 0 Å². The largest absolute Gasteiger partial charge is 0.343 e. The molecule has 2 aromatic heterocycles. The van der Waals surface area contributed by atoms with Gasteiger partial charge in [-0.2, -0.15) is 4.98 Å². The van der Waals surface area contributed by atoms with Crippen LogP contribution in [0.2, 0.25) is 0 Å². The van der Waals surface area contributed by atoms with Crippen molar-refractivity contribution in [1.29, 1.82) is 0 Å². The fraction of sp³-hybridized carbons (Fsp3) is 0.400. The molecule has 2 aromatic rings. The maximum Gasteiger partial charge on any atom is 0.331 e. The first-order chi connectivity index (χ1) is 8.22. The molecule has 0 fully saturated rings. The molecule has 0 amide bonds. The molecule has 0 atom stereocenters. The van der Waals surface area contributed by atoms with E-state index in [-0.39, 0.29) is 17.8 Å². The Hall–Kier alpha value is -2.18. The molecular formula is C10H12N4O3. The van der Waals surface area contributed by atoms with Gasteiger partial charge in [0.05, 0.1) is 6.54 Å². The minimum atomic E-state index is -0.368. The molecule has 0 aliphatic carbocycles. The molecule has 0 saturated carbocycles. The van der Waals surface area contributed by atoms with Gasteiger partial charge in [-0.25, -0.2) is 4.79 Å². The predicted octanol–water partition coefficient (Wildman–Crippen LogP) is -0.149. The van der Waals surface area contributed by atoms with Crippen LogP contribution >= 0.6 is 0 Å². The molecule has 0 aliphatic heterocycles. The number of hydrogen-bond donors (Lipinski definition) is 0. The van der Waals surface area contributed by atoms with Crippen LogP contribution in [0.1, 0.15) is 19.2 Å². The molecule has 0 bridgehead atoms. The summed E-state index contributed by atoms with van der Waals surface area (Å²) >= 11 is 0. The summed E-state index contributed by atoms with van der Waals surface area (Å²) in [6.07, 6.45) is 3.48. The Bertz CT molecular complexity index is 597. The summed E-state index contributed by atoms with van der Waals surface area (Å²) in [4.78, 5) is 27.3. The lowest BCUT2D eigenvalue weighted by molar-refractivity contribution is 0.406. The maximum atomic E-state index is 11.9. The number of aryl methyl sites for hydroxylation is 1. The predicted molar refractivity (Wildman–Crippen MR) is 58.7 cm³/mol. The molecule has 0 N–H and O–H groups in total. The van der Waals surface area contributed by atoms with E-state index in [2.05, 4.69) is 14.7 Å². The zero-order valence-corrected chi connectivity index (χ0v) is 9.37. The van der Waals surface area contributed by atoms with E-state index < -0.39 is 0 Å². The summed E-state index contributed by atoms with van der Waals surface area (Å²) in [6, 6.07) is 1.36. The van der Waals surface area contributed by atoms with Crippen molar-refractivity contribution in [3.8, 4) is 0 Å². The fourth-order valence-corrected chi connectivity index (χ4v) is 1.52. The highest BCUT2D eigenvalue weighted by Gasteiger charge is 2.07. The average Bonchev–Trinajstić information content (AvgIpc) is 2.81. The Kier molecular flexibility index (Phi) is 3.17. The smallest absolute Gasteiger partial charge is 0.331 e. The van der Waals surface area contributed by atoms with Crippen LogP contribution in [0, 0.1) is 0 Å². The first-order valence-electron chi connectivity index (χ1n) is 5.28. The minimum absolute atomic E-state index is 0.0265. The number of aromatic nitrogens is 4. The van der Waals surface area contributed by atoms with Gasteiger partial charge in [-0.3, -0.25) is 9.36 Å². The van der Waals surface area contributed by atoms with Crippen molar-refractivity contribution >= 4 is 0 Å². The zero-order valence-electron chi connectivity index (χ0n) is 9.37. The van der Waals surface area contributed by atoms with Crippen LogP contribution in [-0.4, -0.2) is 19.3 Å². The Balaban J connectivity index is 2.42. The van der Waals surface area contributed by atoms with Gasteiger partial charge in [-0.1, -0.05) is 12.1 Å². The summed E-state index contributed by atoms with van der Waals surface area (Å²) in [5.74, 6) is 0.304. The van der Waals surface area contributed by atoms with Crippen LogP contribution in [0.25, 0.3) is 0 Å². The third-order valence-corrected chi connectivity index (χ3v) is 2.31. The molecule has 0 unspecified atom stereocenters. The van der Waals surface area contributed by atoms with E-state index >= 15 is 0 Å². The Morgan fingerprint density at radius 2 is 2.24 bits per heavy atom. The minimum Gasteiger partial charge on any atom is -0.343 e. The van der Waals surface area contributed by atoms with Crippen LogP contribution in [0.4, 0.5) is 0 Å². The molecule has 2 heterocycles. The van der Waals surface area contributed by atoms with Crippen LogP contribution in [-0.2, 0) is 13.1 Å². The Morgan fingerprint density at radius 3 is 2.88 bits per heavy atom. The number of hydrogen-bond acceptors (Lipinski definition) is 5. The first-order valence-corrected chi connectivity index (χ1v) is 5.28. The summed E-state index contributed by atoms with van der Waals surface area (Å²) in [6.45, 7) is 2.56. The third kappa shape index (κ3) is 2.32. The normalized spacial score (nSPS) is 10.6. The van der Waals surface area contributed by atoms with Gasteiger partial charge in [0.1, 0.15) is 0 Å². The lowest BCUT2D eigenvalue weighted by atomic mass is 10.4. The molecule has 90 valence electrons. The topological polar surface area (TPSA) is 82.9 Å². The standard InChI is InChI=1S/C10H12N4O3/c1-2-4-13-5-3-9(15)14(10(13)16)6-8-11-7-17-12-8/h3,5,7H,2,4,6H2,1H3. The molecule has 7 heteroatoms. The van der Waals surface area contributed by atoms with Gasteiger partial charge >= 0.3 is 5.69 Å². The van der Waals surface area contributed by atoms with E-state index in [1.165, 1.54) is 16.8 Å². The number of nitrogens with zero attached hydrogens (tertiary/aromatic N) is 4. The molecule has 0 aromatic carbocycles. The average molecular weight is 236 g/mol. The monoisotopic (exact) mass is 236 g/mol. The van der Waals surface area contributed by atoms with Gasteiger partial charge in [0.15, 0.2) is 5.82 Å². The molecule has 0 saturated heterocycles. The van der Waals surface area contributed by atoms with Crippen molar-refractivity contribution in [2.75, 3.05) is 0 Å². The number of rotatable bonds is 4. The molecule has 0 aliphatic rings. The highest BCUT2D eigenvalue weighted by atomic mass is 16.5. The van der Waals surface area contributed by atoms with Gasteiger partial charge < -0.3 is 9.09 Å². The van der Waals surface area contributed by atoms with E-state index in [0.29, 0.717) is 12.4 Å². The van der Waals surface area contributed by atoms with E-state index in [9.17, 15) is 9.59 Å². The van der Waals surface area contributed by atoms with Crippen LogP contribution in [0.5, 0.6) is 0 Å². The fourth-order valence-electron chi connectivity index (χ4n) is 1.52. The molecular weight excluding hydrogens is 224 g/mol. The second-order valence-corrected chi connectivity index (χ2v) is 3.56. The maximum absolute atomic E-state index is 11.9. The van der Waals surface area contributed by atoms with Crippen molar-refractivity contribution < 1.29 is 4.52 Å². The SMILES string of the molecule is CCCn1ccc(=O)n(Cc2ncon2)c1=O. The van der Waals surface area contributed by atoms with E-state index in [0.717, 1.165) is 17.4 Å². The molecule has 7 nitrogen and oxygen atoms in total. The van der Waals surface area contributed by atoms with Gasteiger partial charge in [-0.15, -0.1) is 0 Å². The third-order valence-electron chi connectivity index (χ3n) is 2.31. The Labute approximate surface area is 96.3 Å². The van der Waals surface area contributed by atoms with Gasteiger partial charge in [0.25, 0.3) is 5.56 Å². The van der Waals surface area contributed by atoms with E-state index in [4.69, 9.17) is 0 Å². The highest BCUT2D eigenvalue weighted by molar-refractivity contribution is 4.90. The van der Waals surface area contributed by atoms with Gasteiger partial charge in [0.2, 0.25) is 6.39 Å². The van der Waals surface area contributed by atoms with Crippen molar-refractivity contribution in [3.63, 3.8) is 0 Å². The quantitative estimate of drug-likeness (QED) is 0.737. The second kappa shape index (κ2) is 4.77. The highest BCUT2D eigenvalue weighted by Crippen LogP contribution is 1.90. The molecule has 0 radical (unpaired) electrons. The lowest BCUT2D eigenvalue weighted by Gasteiger charge is -2.06. The van der Waals surface area contributed by atoms with Crippen molar-refractivity contribution in [3.05, 3.63) is 45.3 Å². The molecule has 2 rings (SSSR count). The van der Waals surface area contributed by atoms with Crippen LogP contribution in [0.3, 0.4) is 0 Å². The van der Waals surface area contributed by atoms with Crippen LogP contribution < -0.4 is 11.2 Å². The summed E-state index contributed by atoms with van der Waals surface area (Å²) in [7, 11) is 0. The molecule has 0 spiro atoms. The second-order valence-electron chi connectivity index (χ2n) is 3.56. The van der Waals surface area contributed by atoms with Crippen molar-refractivity contribution in [1.82, 2.24) is 19.3 Å². The first kappa shape index (κ1) is 11.3. The lowest BCUT2D eigenvalue weighted by Crippen LogP contribution is -2.39. The molecule has 17 heavy (non-hydrogen) atoms. The van der Waals surface area contributed by atoms with Gasteiger partial charge in [-0.05, 0) is 6.42 Å². The Morgan fingerprint density at radius 1 is 1.41 bits per heavy atom. The summed E-state index contributed by atoms with van der Waals surface area (Å²) in [5.41, 5.74) is -0.726. The van der Waals surface area contributed by atoms with E-state index in [1.807, 2.05) is 6.92 Å². The zero-order chi connectivity index (χ0) is 12.3. The van der Waals surface area contributed by atoms with Crippen molar-refractivity contribution in [2.24, 2.45) is 0 Å². The van der Waals surface area contributed by atoms with Crippen LogP contribution in [0.15, 0.2) is 32.8 Å².